The quantitative estimate of drug-likeness (QED) is 0.675. The van der Waals surface area contributed by atoms with E-state index in [9.17, 15) is 13.2 Å². The van der Waals surface area contributed by atoms with Crippen LogP contribution in [0.15, 0.2) is 30.3 Å². The highest BCUT2D eigenvalue weighted by Crippen LogP contribution is 2.61. The van der Waals surface area contributed by atoms with Gasteiger partial charge in [0.05, 0.1) is 12.0 Å². The van der Waals surface area contributed by atoms with Gasteiger partial charge in [0.25, 0.3) is 0 Å². The Hall–Kier alpha value is -1.23. The van der Waals surface area contributed by atoms with Crippen LogP contribution in [0.3, 0.4) is 0 Å². The lowest BCUT2D eigenvalue weighted by atomic mass is 10.0. The van der Waals surface area contributed by atoms with E-state index >= 15 is 0 Å². The Balaban J connectivity index is 1.60. The Kier molecular flexibility index (Phi) is 5.09. The van der Waals surface area contributed by atoms with Gasteiger partial charge in [-0.05, 0) is 25.1 Å². The van der Waals surface area contributed by atoms with Crippen molar-refractivity contribution in [3.63, 3.8) is 0 Å². The first-order valence-corrected chi connectivity index (χ1v) is 9.07. The van der Waals surface area contributed by atoms with E-state index in [2.05, 4.69) is 17.1 Å². The molecule has 1 aromatic carbocycles. The predicted octanol–water partition coefficient (Wildman–Crippen LogP) is 4.93. The summed E-state index contributed by atoms with van der Waals surface area (Å²) in [6.45, 7) is 4.81. The Labute approximate surface area is 142 Å². The molecule has 1 aromatic rings. The Bertz CT molecular complexity index is 517. The van der Waals surface area contributed by atoms with Gasteiger partial charge in [0.15, 0.2) is 0 Å². The molecular weight excluding hydrogens is 313 g/mol. The minimum atomic E-state index is -4.13. The third kappa shape index (κ3) is 3.88. The Morgan fingerprint density at radius 2 is 1.75 bits per heavy atom. The zero-order chi connectivity index (χ0) is 17.2. The predicted molar refractivity (Wildman–Crippen MR) is 91.0 cm³/mol. The minimum Gasteiger partial charge on any atom is -0.379 e. The molecule has 134 valence electrons. The van der Waals surface area contributed by atoms with Crippen LogP contribution in [0.5, 0.6) is 0 Å². The van der Waals surface area contributed by atoms with Gasteiger partial charge < -0.3 is 10.2 Å². The van der Waals surface area contributed by atoms with Crippen LogP contribution >= 0.6 is 0 Å². The average molecular weight is 340 g/mol. The molecule has 3 rings (SSSR count). The van der Waals surface area contributed by atoms with Gasteiger partial charge in [0.2, 0.25) is 0 Å². The van der Waals surface area contributed by atoms with E-state index in [1.54, 1.807) is 0 Å². The molecule has 2 aliphatic rings. The summed E-state index contributed by atoms with van der Waals surface area (Å²) in [4.78, 5) is 2.35. The number of rotatable bonds is 8. The van der Waals surface area contributed by atoms with E-state index in [1.165, 1.54) is 19.3 Å². The van der Waals surface area contributed by atoms with Crippen LogP contribution in [-0.2, 0) is 0 Å². The van der Waals surface area contributed by atoms with Crippen molar-refractivity contribution in [1.29, 1.82) is 0 Å². The van der Waals surface area contributed by atoms with Gasteiger partial charge in [-0.2, -0.15) is 13.2 Å². The maximum absolute atomic E-state index is 13.1. The molecule has 1 saturated carbocycles. The molecule has 2 unspecified atom stereocenters. The highest BCUT2D eigenvalue weighted by Gasteiger charge is 2.70. The topological polar surface area (TPSA) is 15.3 Å². The summed E-state index contributed by atoms with van der Waals surface area (Å²) in [7, 11) is 0. The molecule has 0 amide bonds. The van der Waals surface area contributed by atoms with Crippen LogP contribution in [0.25, 0.3) is 0 Å². The molecule has 1 heterocycles. The summed E-state index contributed by atoms with van der Waals surface area (Å²) in [5.41, 5.74) is 0.00475. The number of fused-ring (bicyclic) bond motifs is 1. The second-order valence-electron chi connectivity index (χ2n) is 7.36. The smallest absolute Gasteiger partial charge is 0.379 e. The normalized spacial score (nSPS) is 29.5. The fraction of sp³-hybridized carbons (Fsp3) is 0.684. The molecule has 24 heavy (non-hydrogen) atoms. The Morgan fingerprint density at radius 3 is 2.33 bits per heavy atom. The van der Waals surface area contributed by atoms with E-state index in [1.807, 2.05) is 30.3 Å². The number of anilines is 1. The maximum Gasteiger partial charge on any atom is 0.391 e. The van der Waals surface area contributed by atoms with E-state index in [0.29, 0.717) is 0 Å². The lowest BCUT2D eigenvalue weighted by Crippen LogP contribution is -2.40. The maximum atomic E-state index is 13.1. The van der Waals surface area contributed by atoms with Gasteiger partial charge in [-0.15, -0.1) is 0 Å². The number of nitrogens with zero attached hydrogens (tertiary/aromatic N) is 1. The van der Waals surface area contributed by atoms with Crippen molar-refractivity contribution >= 4 is 5.69 Å². The van der Waals surface area contributed by atoms with Crippen molar-refractivity contribution in [3.05, 3.63) is 30.3 Å². The summed E-state index contributed by atoms with van der Waals surface area (Å²) in [6.07, 6.45) is -0.0227. The van der Waals surface area contributed by atoms with Crippen molar-refractivity contribution in [3.8, 4) is 0 Å². The molecular formula is C19H27F3N2. The summed E-state index contributed by atoms with van der Waals surface area (Å²) >= 11 is 0. The number of para-hydroxylation sites is 1. The highest BCUT2D eigenvalue weighted by molar-refractivity contribution is 5.50. The average Bonchev–Trinajstić information content (AvgIpc) is 2.89. The number of nitrogens with one attached hydrogen (secondary N) is 1. The van der Waals surface area contributed by atoms with Crippen molar-refractivity contribution in [2.45, 2.75) is 50.7 Å². The number of likely N-dealkylation sites (tertiary alicyclic amines) is 1. The number of unbranched alkanes of at least 4 members (excludes halogenated alkanes) is 3. The van der Waals surface area contributed by atoms with Gasteiger partial charge in [0, 0.05) is 30.6 Å². The second-order valence-corrected chi connectivity index (χ2v) is 7.36. The van der Waals surface area contributed by atoms with E-state index in [4.69, 9.17) is 0 Å². The SMILES string of the molecule is CCCCCCN1CC2C(C1)C2(CC(F)(F)F)Nc1ccccc1. The molecule has 2 fully saturated rings. The fourth-order valence-corrected chi connectivity index (χ4v) is 4.37. The number of piperidine rings is 1. The standard InChI is InChI=1S/C19H27F3N2/c1-2-3-4-8-11-24-12-16-17(13-24)18(16,14-19(20,21)22)23-15-9-6-5-7-10-15/h5-7,9-10,16-17,23H,2-4,8,11-14H2,1H3. The molecule has 1 N–H and O–H groups in total. The highest BCUT2D eigenvalue weighted by atomic mass is 19.4. The van der Waals surface area contributed by atoms with Crippen molar-refractivity contribution in [2.75, 3.05) is 25.0 Å². The minimum absolute atomic E-state index is 0.116. The molecule has 1 saturated heterocycles. The fourth-order valence-electron chi connectivity index (χ4n) is 4.37. The lowest BCUT2D eigenvalue weighted by molar-refractivity contribution is -0.141. The van der Waals surface area contributed by atoms with Crippen LogP contribution in [0.4, 0.5) is 18.9 Å². The molecule has 5 heteroatoms. The van der Waals surface area contributed by atoms with Gasteiger partial charge in [0.1, 0.15) is 0 Å². The number of benzene rings is 1. The first-order chi connectivity index (χ1) is 11.4. The molecule has 0 spiro atoms. The van der Waals surface area contributed by atoms with E-state index in [0.717, 1.165) is 31.7 Å². The van der Waals surface area contributed by atoms with Gasteiger partial charge in [-0.1, -0.05) is 44.4 Å². The van der Waals surface area contributed by atoms with Crippen LogP contribution in [0.2, 0.25) is 0 Å². The number of hydrogen-bond donors (Lipinski definition) is 1. The van der Waals surface area contributed by atoms with Crippen molar-refractivity contribution in [2.24, 2.45) is 11.8 Å². The number of alkyl halides is 3. The third-order valence-electron chi connectivity index (χ3n) is 5.58. The first kappa shape index (κ1) is 17.6. The third-order valence-corrected chi connectivity index (χ3v) is 5.58. The summed E-state index contributed by atoms with van der Waals surface area (Å²) in [5, 5.41) is 3.24. The van der Waals surface area contributed by atoms with Crippen LogP contribution in [0.1, 0.15) is 39.0 Å². The largest absolute Gasteiger partial charge is 0.391 e. The van der Waals surface area contributed by atoms with Gasteiger partial charge in [-0.25, -0.2) is 0 Å². The van der Waals surface area contributed by atoms with E-state index < -0.39 is 18.1 Å². The molecule has 0 radical (unpaired) electrons. The zero-order valence-corrected chi connectivity index (χ0v) is 14.3. The molecule has 1 aliphatic heterocycles. The van der Waals surface area contributed by atoms with Crippen LogP contribution in [-0.4, -0.2) is 36.2 Å². The monoisotopic (exact) mass is 340 g/mol. The lowest BCUT2D eigenvalue weighted by Gasteiger charge is -2.29. The van der Waals surface area contributed by atoms with Crippen LogP contribution in [0, 0.1) is 11.8 Å². The number of hydrogen-bond acceptors (Lipinski definition) is 2. The molecule has 1 aliphatic carbocycles. The molecule has 2 atom stereocenters. The molecule has 0 bridgehead atoms. The Morgan fingerprint density at radius 1 is 1.08 bits per heavy atom. The second kappa shape index (κ2) is 6.95. The molecule has 0 aromatic heterocycles. The molecule has 2 nitrogen and oxygen atoms in total. The summed E-state index contributed by atoms with van der Waals surface area (Å²) < 4.78 is 39.4. The summed E-state index contributed by atoms with van der Waals surface area (Å²) in [6, 6.07) is 9.32. The first-order valence-electron chi connectivity index (χ1n) is 9.07. The van der Waals surface area contributed by atoms with Crippen molar-refractivity contribution < 1.29 is 13.2 Å². The van der Waals surface area contributed by atoms with Gasteiger partial charge >= 0.3 is 6.18 Å². The summed E-state index contributed by atoms with van der Waals surface area (Å²) in [5.74, 6) is 0.232. The van der Waals surface area contributed by atoms with Crippen LogP contribution < -0.4 is 5.32 Å². The van der Waals surface area contributed by atoms with E-state index in [-0.39, 0.29) is 11.8 Å². The number of halogens is 3. The zero-order valence-electron chi connectivity index (χ0n) is 14.3. The van der Waals surface area contributed by atoms with Gasteiger partial charge in [-0.3, -0.25) is 0 Å². The van der Waals surface area contributed by atoms with Crippen molar-refractivity contribution in [1.82, 2.24) is 4.90 Å².